The Bertz CT molecular complexity index is 834. The Hall–Kier alpha value is -2.39. The van der Waals surface area contributed by atoms with Crippen LogP contribution in [0, 0.1) is 0 Å². The summed E-state index contributed by atoms with van der Waals surface area (Å²) in [6, 6.07) is 11.6. The van der Waals surface area contributed by atoms with Gasteiger partial charge in [-0.05, 0) is 30.7 Å². The Labute approximate surface area is 190 Å². The highest BCUT2D eigenvalue weighted by Crippen LogP contribution is 2.07. The second-order valence-electron chi connectivity index (χ2n) is 7.76. The predicted octanol–water partition coefficient (Wildman–Crippen LogP) is 2.18. The van der Waals surface area contributed by atoms with Crippen LogP contribution in [0.15, 0.2) is 36.4 Å². The largest absolute Gasteiger partial charge is 0.464 e. The molecule has 32 heavy (non-hydrogen) atoms. The normalized spacial score (nSPS) is 17.3. The molecule has 0 bridgehead atoms. The summed E-state index contributed by atoms with van der Waals surface area (Å²) in [5.41, 5.74) is 3.36. The van der Waals surface area contributed by atoms with Crippen molar-refractivity contribution in [3.63, 3.8) is 0 Å². The minimum Gasteiger partial charge on any atom is -0.464 e. The van der Waals surface area contributed by atoms with Crippen molar-refractivity contribution < 1.29 is 19.0 Å². The molecule has 2 aromatic heterocycles. The van der Waals surface area contributed by atoms with Crippen LogP contribution in [0.3, 0.4) is 0 Å². The van der Waals surface area contributed by atoms with Crippen LogP contribution >= 0.6 is 0 Å². The van der Waals surface area contributed by atoms with E-state index in [0.717, 1.165) is 56.2 Å². The smallest absolute Gasteiger partial charge is 0.356 e. The van der Waals surface area contributed by atoms with Gasteiger partial charge in [0.25, 0.3) is 0 Å². The molecule has 0 amide bonds. The summed E-state index contributed by atoms with van der Waals surface area (Å²) in [6.45, 7) is 9.36. The van der Waals surface area contributed by atoms with E-state index in [9.17, 15) is 4.79 Å². The predicted molar refractivity (Wildman–Crippen MR) is 121 cm³/mol. The first kappa shape index (κ1) is 24.3. The van der Waals surface area contributed by atoms with Gasteiger partial charge in [-0.25, -0.2) is 9.78 Å². The minimum absolute atomic E-state index is 0.325. The highest BCUT2D eigenvalue weighted by molar-refractivity contribution is 5.87. The van der Waals surface area contributed by atoms with Crippen molar-refractivity contribution in [3.05, 3.63) is 59.2 Å². The first-order valence-electron chi connectivity index (χ1n) is 11.3. The van der Waals surface area contributed by atoms with Crippen molar-refractivity contribution in [3.8, 4) is 0 Å². The van der Waals surface area contributed by atoms with Crippen molar-refractivity contribution in [2.75, 3.05) is 59.7 Å². The highest BCUT2D eigenvalue weighted by Gasteiger charge is 2.13. The van der Waals surface area contributed by atoms with Crippen LogP contribution in [0.2, 0.25) is 0 Å². The number of rotatable bonds is 6. The fourth-order valence-electron chi connectivity index (χ4n) is 3.58. The van der Waals surface area contributed by atoms with Gasteiger partial charge < -0.3 is 14.2 Å². The standard InChI is InChI=1S/C24H34N4O4/c1-3-20-6-4-7-21(25-20)18-27-10-14-31-16-12-28(13-17-32-15-11-27)19-22-8-5-9-23(26-22)24(29)30-2/h4-9H,3,10-19H2,1-2H3. The molecule has 0 aromatic carbocycles. The molecule has 174 valence electrons. The molecule has 0 unspecified atom stereocenters. The van der Waals surface area contributed by atoms with Gasteiger partial charge in [-0.15, -0.1) is 0 Å². The van der Waals surface area contributed by atoms with E-state index in [-0.39, 0.29) is 0 Å². The van der Waals surface area contributed by atoms with Gasteiger partial charge in [0.1, 0.15) is 5.69 Å². The average Bonchev–Trinajstić information content (AvgIpc) is 2.81. The molecule has 0 spiro atoms. The van der Waals surface area contributed by atoms with Crippen LogP contribution in [0.4, 0.5) is 0 Å². The lowest BCUT2D eigenvalue weighted by Gasteiger charge is -2.26. The third-order valence-electron chi connectivity index (χ3n) is 5.41. The van der Waals surface area contributed by atoms with E-state index < -0.39 is 5.97 Å². The van der Waals surface area contributed by atoms with E-state index in [1.807, 2.05) is 12.1 Å². The summed E-state index contributed by atoms with van der Waals surface area (Å²) in [7, 11) is 1.36. The third kappa shape index (κ3) is 7.94. The van der Waals surface area contributed by atoms with E-state index in [2.05, 4.69) is 39.9 Å². The second-order valence-corrected chi connectivity index (χ2v) is 7.76. The number of ether oxygens (including phenoxy) is 3. The minimum atomic E-state index is -0.423. The number of esters is 1. The van der Waals surface area contributed by atoms with Crippen LogP contribution in [0.5, 0.6) is 0 Å². The van der Waals surface area contributed by atoms with Gasteiger partial charge in [0.2, 0.25) is 0 Å². The molecule has 3 rings (SSSR count). The lowest BCUT2D eigenvalue weighted by Crippen LogP contribution is -2.35. The molecule has 1 aliphatic heterocycles. The van der Waals surface area contributed by atoms with Gasteiger partial charge in [0.15, 0.2) is 0 Å². The highest BCUT2D eigenvalue weighted by atomic mass is 16.5. The number of carbonyl (C=O) groups excluding carboxylic acids is 1. The molecular weight excluding hydrogens is 408 g/mol. The Balaban J connectivity index is 1.50. The van der Waals surface area contributed by atoms with E-state index in [1.54, 1.807) is 6.07 Å². The maximum Gasteiger partial charge on any atom is 0.356 e. The first-order chi connectivity index (χ1) is 15.7. The number of aromatic nitrogens is 2. The summed E-state index contributed by atoms with van der Waals surface area (Å²) >= 11 is 0. The zero-order chi connectivity index (χ0) is 22.6. The molecule has 8 nitrogen and oxygen atoms in total. The third-order valence-corrected chi connectivity index (χ3v) is 5.41. The number of carbonyl (C=O) groups is 1. The summed E-state index contributed by atoms with van der Waals surface area (Å²) < 4.78 is 16.6. The average molecular weight is 443 g/mol. The van der Waals surface area contributed by atoms with E-state index in [1.165, 1.54) is 7.11 Å². The summed E-state index contributed by atoms with van der Waals surface area (Å²) in [5.74, 6) is -0.423. The van der Waals surface area contributed by atoms with Crippen molar-refractivity contribution in [1.29, 1.82) is 0 Å². The molecule has 0 aliphatic carbocycles. The number of hydrogen-bond acceptors (Lipinski definition) is 8. The van der Waals surface area contributed by atoms with Crippen molar-refractivity contribution in [2.24, 2.45) is 0 Å². The molecule has 0 radical (unpaired) electrons. The number of hydrogen-bond donors (Lipinski definition) is 0. The number of aryl methyl sites for hydroxylation is 1. The van der Waals surface area contributed by atoms with Gasteiger partial charge >= 0.3 is 5.97 Å². The number of nitrogens with zero attached hydrogens (tertiary/aromatic N) is 4. The SMILES string of the molecule is CCc1cccc(CN2CCOCCN(Cc3cccc(C(=O)OC)n3)CCOCC2)n1. The van der Waals surface area contributed by atoms with Crippen molar-refractivity contribution >= 4 is 5.97 Å². The fraction of sp³-hybridized carbons (Fsp3) is 0.542. The Morgan fingerprint density at radius 1 is 0.844 bits per heavy atom. The molecule has 0 saturated carbocycles. The van der Waals surface area contributed by atoms with Crippen LogP contribution in [0.1, 0.15) is 34.5 Å². The van der Waals surface area contributed by atoms with Crippen LogP contribution < -0.4 is 0 Å². The Morgan fingerprint density at radius 3 is 1.88 bits per heavy atom. The van der Waals surface area contributed by atoms with Gasteiger partial charge in [0.05, 0.1) is 44.9 Å². The molecule has 0 atom stereocenters. The van der Waals surface area contributed by atoms with Gasteiger partial charge in [-0.1, -0.05) is 19.1 Å². The Morgan fingerprint density at radius 2 is 1.34 bits per heavy atom. The van der Waals surface area contributed by atoms with Gasteiger partial charge in [-0.2, -0.15) is 0 Å². The lowest BCUT2D eigenvalue weighted by atomic mass is 10.2. The fourth-order valence-corrected chi connectivity index (χ4v) is 3.58. The summed E-state index contributed by atoms with van der Waals surface area (Å²) in [6.07, 6.45) is 0.944. The molecule has 1 aliphatic rings. The lowest BCUT2D eigenvalue weighted by molar-refractivity contribution is 0.0336. The van der Waals surface area contributed by atoms with Gasteiger partial charge in [0, 0.05) is 45.0 Å². The van der Waals surface area contributed by atoms with Gasteiger partial charge in [-0.3, -0.25) is 14.8 Å². The molecule has 3 heterocycles. The Kier molecular flexibility index (Phi) is 10.0. The van der Waals surface area contributed by atoms with Crippen molar-refractivity contribution in [1.82, 2.24) is 19.8 Å². The first-order valence-corrected chi connectivity index (χ1v) is 11.3. The van der Waals surface area contributed by atoms with Crippen LogP contribution in [-0.4, -0.2) is 85.5 Å². The zero-order valence-corrected chi connectivity index (χ0v) is 19.2. The molecule has 8 heteroatoms. The molecule has 0 N–H and O–H groups in total. The molecule has 1 saturated heterocycles. The quantitative estimate of drug-likeness (QED) is 0.630. The number of pyridine rings is 2. The van der Waals surface area contributed by atoms with E-state index >= 15 is 0 Å². The zero-order valence-electron chi connectivity index (χ0n) is 19.2. The monoisotopic (exact) mass is 442 g/mol. The second kappa shape index (κ2) is 13.2. The summed E-state index contributed by atoms with van der Waals surface area (Å²) in [4.78, 5) is 25.5. The molecular formula is C24H34N4O4. The maximum absolute atomic E-state index is 11.7. The summed E-state index contributed by atoms with van der Waals surface area (Å²) in [5, 5.41) is 0. The topological polar surface area (TPSA) is 77.0 Å². The number of methoxy groups -OCH3 is 1. The van der Waals surface area contributed by atoms with E-state index in [0.29, 0.717) is 38.7 Å². The van der Waals surface area contributed by atoms with Crippen molar-refractivity contribution in [2.45, 2.75) is 26.4 Å². The van der Waals surface area contributed by atoms with Crippen LogP contribution in [-0.2, 0) is 33.7 Å². The molecule has 2 aromatic rings. The van der Waals surface area contributed by atoms with E-state index in [4.69, 9.17) is 19.2 Å². The molecule has 1 fully saturated rings. The van der Waals surface area contributed by atoms with Crippen LogP contribution in [0.25, 0.3) is 0 Å². The maximum atomic E-state index is 11.7.